The van der Waals surface area contributed by atoms with Crippen LogP contribution in [0.15, 0.2) is 62.2 Å². The van der Waals surface area contributed by atoms with Gasteiger partial charge in [0.2, 0.25) is 0 Å². The predicted octanol–water partition coefficient (Wildman–Crippen LogP) is 4.99. The second-order valence-electron chi connectivity index (χ2n) is 5.81. The minimum absolute atomic E-state index is 0.0482. The maximum absolute atomic E-state index is 12.5. The predicted molar refractivity (Wildman–Crippen MR) is 105 cm³/mol. The van der Waals surface area contributed by atoms with Gasteiger partial charge in [-0.3, -0.25) is 4.79 Å². The third-order valence-electron chi connectivity index (χ3n) is 3.80. The van der Waals surface area contributed by atoms with E-state index in [1.54, 1.807) is 36.4 Å². The Morgan fingerprint density at radius 3 is 2.85 bits per heavy atom. The van der Waals surface area contributed by atoms with Crippen molar-refractivity contribution in [2.75, 3.05) is 11.9 Å². The van der Waals surface area contributed by atoms with Gasteiger partial charge < -0.3 is 14.5 Å². The molecule has 0 fully saturated rings. The number of hydrogen-bond donors (Lipinski definition) is 1. The van der Waals surface area contributed by atoms with Crippen molar-refractivity contribution in [3.8, 4) is 5.75 Å². The Morgan fingerprint density at radius 2 is 2.04 bits per heavy atom. The molecule has 26 heavy (non-hydrogen) atoms. The van der Waals surface area contributed by atoms with E-state index in [0.29, 0.717) is 29.0 Å². The summed E-state index contributed by atoms with van der Waals surface area (Å²) in [6.45, 7) is 2.71. The van der Waals surface area contributed by atoms with E-state index in [2.05, 4.69) is 28.2 Å². The number of nitrogens with one attached hydrogen (secondary N) is 1. The molecule has 0 saturated carbocycles. The molecule has 5 nitrogen and oxygen atoms in total. The van der Waals surface area contributed by atoms with Crippen LogP contribution in [0.4, 0.5) is 5.69 Å². The van der Waals surface area contributed by atoms with E-state index >= 15 is 0 Å². The first kappa shape index (κ1) is 18.2. The zero-order valence-electron chi connectivity index (χ0n) is 14.3. The monoisotopic (exact) mass is 415 g/mol. The van der Waals surface area contributed by atoms with Gasteiger partial charge in [0.1, 0.15) is 16.9 Å². The molecule has 0 spiro atoms. The number of halogens is 1. The van der Waals surface area contributed by atoms with Crippen LogP contribution in [-0.4, -0.2) is 12.5 Å². The highest BCUT2D eigenvalue weighted by atomic mass is 79.9. The zero-order chi connectivity index (χ0) is 18.5. The van der Waals surface area contributed by atoms with Crippen LogP contribution in [0.25, 0.3) is 11.0 Å². The molecule has 1 heterocycles. The van der Waals surface area contributed by atoms with E-state index in [-0.39, 0.29) is 5.56 Å². The Balaban J connectivity index is 1.82. The van der Waals surface area contributed by atoms with E-state index in [1.807, 2.05) is 6.07 Å². The highest BCUT2D eigenvalue weighted by Crippen LogP contribution is 2.21. The van der Waals surface area contributed by atoms with Crippen molar-refractivity contribution in [3.05, 3.63) is 69.0 Å². The minimum atomic E-state index is -0.673. The molecule has 6 heteroatoms. The SMILES string of the molecule is CCCCOc1cccc(NC(=O)c2cc3cc(Br)ccc3oc2=O)c1. The summed E-state index contributed by atoms with van der Waals surface area (Å²) in [6, 6.07) is 13.9. The number of fused-ring (bicyclic) bond motifs is 1. The van der Waals surface area contributed by atoms with Gasteiger partial charge in [0.15, 0.2) is 0 Å². The molecule has 134 valence electrons. The van der Waals surface area contributed by atoms with Gasteiger partial charge in [0, 0.05) is 21.6 Å². The van der Waals surface area contributed by atoms with Gasteiger partial charge in [0.05, 0.1) is 6.61 Å². The van der Waals surface area contributed by atoms with Crippen LogP contribution in [0.2, 0.25) is 0 Å². The molecule has 0 unspecified atom stereocenters. The number of hydrogen-bond acceptors (Lipinski definition) is 4. The van der Waals surface area contributed by atoms with Crippen LogP contribution in [0.5, 0.6) is 5.75 Å². The number of ether oxygens (including phenoxy) is 1. The fourth-order valence-electron chi connectivity index (χ4n) is 2.45. The molecule has 0 aliphatic rings. The van der Waals surface area contributed by atoms with Crippen molar-refractivity contribution in [1.29, 1.82) is 0 Å². The fourth-order valence-corrected chi connectivity index (χ4v) is 2.83. The van der Waals surface area contributed by atoms with E-state index in [1.165, 1.54) is 6.07 Å². The molecule has 1 N–H and O–H groups in total. The molecule has 2 aromatic carbocycles. The zero-order valence-corrected chi connectivity index (χ0v) is 15.8. The van der Waals surface area contributed by atoms with E-state index in [0.717, 1.165) is 17.3 Å². The second-order valence-corrected chi connectivity index (χ2v) is 6.73. The lowest BCUT2D eigenvalue weighted by atomic mass is 10.1. The maximum atomic E-state index is 12.5. The third kappa shape index (κ3) is 4.32. The molecular formula is C20H18BrNO4. The van der Waals surface area contributed by atoms with Crippen molar-refractivity contribution >= 4 is 38.5 Å². The Hall–Kier alpha value is -2.60. The van der Waals surface area contributed by atoms with Gasteiger partial charge in [-0.1, -0.05) is 35.3 Å². The summed E-state index contributed by atoms with van der Waals surface area (Å²) in [5, 5.41) is 3.39. The average Bonchev–Trinajstić information content (AvgIpc) is 2.62. The number of rotatable bonds is 6. The van der Waals surface area contributed by atoms with Crippen molar-refractivity contribution in [2.24, 2.45) is 0 Å². The Bertz CT molecular complexity index is 997. The van der Waals surface area contributed by atoms with Gasteiger partial charge in [-0.2, -0.15) is 0 Å². The molecule has 1 aromatic heterocycles. The molecule has 3 rings (SSSR count). The minimum Gasteiger partial charge on any atom is -0.494 e. The van der Waals surface area contributed by atoms with Gasteiger partial charge in [-0.25, -0.2) is 4.79 Å². The Morgan fingerprint density at radius 1 is 1.19 bits per heavy atom. The van der Waals surface area contributed by atoms with Crippen LogP contribution in [0.1, 0.15) is 30.1 Å². The number of benzene rings is 2. The number of amides is 1. The van der Waals surface area contributed by atoms with Gasteiger partial charge in [-0.05, 0) is 42.8 Å². The smallest absolute Gasteiger partial charge is 0.349 e. The molecule has 0 atom stereocenters. The standard InChI is InChI=1S/C20H18BrNO4/c1-2-3-9-25-16-6-4-5-15(12-16)22-19(23)17-11-13-10-14(21)7-8-18(13)26-20(17)24/h4-8,10-12H,2-3,9H2,1H3,(H,22,23). The first-order valence-corrected chi connectivity index (χ1v) is 9.14. The topological polar surface area (TPSA) is 68.5 Å². The Labute approximate surface area is 159 Å². The second kappa shape index (κ2) is 8.19. The van der Waals surface area contributed by atoms with Crippen molar-refractivity contribution in [1.82, 2.24) is 0 Å². The van der Waals surface area contributed by atoms with Crippen molar-refractivity contribution in [3.63, 3.8) is 0 Å². The lowest BCUT2D eigenvalue weighted by Crippen LogP contribution is -2.20. The quantitative estimate of drug-likeness (QED) is 0.454. The van der Waals surface area contributed by atoms with Crippen LogP contribution in [-0.2, 0) is 0 Å². The summed E-state index contributed by atoms with van der Waals surface area (Å²) in [5.74, 6) is 0.150. The molecule has 3 aromatic rings. The highest BCUT2D eigenvalue weighted by molar-refractivity contribution is 9.10. The fraction of sp³-hybridized carbons (Fsp3) is 0.200. The van der Waals surface area contributed by atoms with Crippen molar-refractivity contribution in [2.45, 2.75) is 19.8 Å². The molecule has 0 aliphatic heterocycles. The van der Waals surface area contributed by atoms with E-state index in [9.17, 15) is 9.59 Å². The third-order valence-corrected chi connectivity index (χ3v) is 4.29. The largest absolute Gasteiger partial charge is 0.494 e. The van der Waals surface area contributed by atoms with Gasteiger partial charge in [0.25, 0.3) is 5.91 Å². The highest BCUT2D eigenvalue weighted by Gasteiger charge is 2.14. The summed E-state index contributed by atoms with van der Waals surface area (Å²) in [7, 11) is 0. The van der Waals surface area contributed by atoms with Crippen LogP contribution < -0.4 is 15.7 Å². The van der Waals surface area contributed by atoms with Crippen LogP contribution in [0, 0.1) is 0 Å². The summed E-state index contributed by atoms with van der Waals surface area (Å²) in [4.78, 5) is 24.6. The lowest BCUT2D eigenvalue weighted by Gasteiger charge is -2.09. The van der Waals surface area contributed by atoms with E-state index in [4.69, 9.17) is 9.15 Å². The summed E-state index contributed by atoms with van der Waals surface area (Å²) in [6.07, 6.45) is 2.01. The molecule has 0 radical (unpaired) electrons. The lowest BCUT2D eigenvalue weighted by molar-refractivity contribution is 0.102. The van der Waals surface area contributed by atoms with Crippen molar-refractivity contribution < 1.29 is 13.9 Å². The summed E-state index contributed by atoms with van der Waals surface area (Å²) in [5.41, 5.74) is 0.263. The van der Waals surface area contributed by atoms with Gasteiger partial charge in [-0.15, -0.1) is 0 Å². The Kier molecular flexibility index (Phi) is 5.73. The summed E-state index contributed by atoms with van der Waals surface area (Å²) < 4.78 is 11.7. The number of carbonyl (C=O) groups excluding carboxylic acids is 1. The molecule has 1 amide bonds. The van der Waals surface area contributed by atoms with Crippen LogP contribution >= 0.6 is 15.9 Å². The van der Waals surface area contributed by atoms with E-state index < -0.39 is 11.5 Å². The first-order chi connectivity index (χ1) is 12.6. The molecule has 0 aliphatic carbocycles. The molecular weight excluding hydrogens is 398 g/mol. The maximum Gasteiger partial charge on any atom is 0.349 e. The molecule has 0 bridgehead atoms. The number of carbonyl (C=O) groups is 1. The molecule has 0 saturated heterocycles. The summed E-state index contributed by atoms with van der Waals surface area (Å²) >= 11 is 3.37. The van der Waals surface area contributed by atoms with Gasteiger partial charge >= 0.3 is 5.63 Å². The average molecular weight is 416 g/mol. The number of unbranched alkanes of at least 4 members (excludes halogenated alkanes) is 1. The normalized spacial score (nSPS) is 10.7. The number of anilines is 1. The first-order valence-electron chi connectivity index (χ1n) is 8.34. The van der Waals surface area contributed by atoms with Crippen LogP contribution in [0.3, 0.4) is 0 Å².